The van der Waals surface area contributed by atoms with Crippen LogP contribution in [0.1, 0.15) is 15.9 Å². The molecule has 0 radical (unpaired) electrons. The summed E-state index contributed by atoms with van der Waals surface area (Å²) in [6.45, 7) is 0. The van der Waals surface area contributed by atoms with Gasteiger partial charge in [0.15, 0.2) is 17.3 Å². The molecule has 0 aliphatic heterocycles. The van der Waals surface area contributed by atoms with Crippen LogP contribution < -0.4 is 14.2 Å². The van der Waals surface area contributed by atoms with E-state index in [2.05, 4.69) is 6.07 Å². The minimum Gasteiger partial charge on any atom is -0.493 e. The van der Waals surface area contributed by atoms with Gasteiger partial charge in [-0.25, -0.2) is 0 Å². The number of carbonyl (C=O) groups is 1. The van der Waals surface area contributed by atoms with Crippen LogP contribution in [-0.4, -0.2) is 33.4 Å². The van der Waals surface area contributed by atoms with Gasteiger partial charge in [-0.05, 0) is 36.1 Å². The van der Waals surface area contributed by atoms with E-state index in [0.29, 0.717) is 22.8 Å². The Morgan fingerprint density at radius 3 is 2.19 bits per heavy atom. The molecule has 26 heavy (non-hydrogen) atoms. The molecular weight excluding hydrogens is 348 g/mol. The average molecular weight is 370 g/mol. The molecule has 0 saturated heterocycles. The molecule has 4 nitrogen and oxygen atoms in total. The summed E-state index contributed by atoms with van der Waals surface area (Å²) in [5.41, 5.74) is 1.58. The zero-order chi connectivity index (χ0) is 18.9. The second-order valence-corrected chi connectivity index (χ2v) is 6.09. The Bertz CT molecular complexity index is 800. The average Bonchev–Trinajstić information content (AvgIpc) is 2.69. The van der Waals surface area contributed by atoms with E-state index in [1.54, 1.807) is 30.0 Å². The largest absolute Gasteiger partial charge is 0.493 e. The highest BCUT2D eigenvalue weighted by atomic mass is 32.2. The molecule has 5 heteroatoms. The number of methoxy groups -OCH3 is 3. The van der Waals surface area contributed by atoms with E-state index < -0.39 is 0 Å². The van der Waals surface area contributed by atoms with Crippen molar-refractivity contribution in [3.05, 3.63) is 65.8 Å². The molecule has 0 bridgehead atoms. The lowest BCUT2D eigenvalue weighted by Gasteiger charge is -2.13. The van der Waals surface area contributed by atoms with Crippen molar-refractivity contribution in [2.75, 3.05) is 27.6 Å². The predicted molar refractivity (Wildman–Crippen MR) is 107 cm³/mol. The molecule has 2 aromatic rings. The Hall–Kier alpha value is -2.66. The van der Waals surface area contributed by atoms with E-state index >= 15 is 0 Å². The second-order valence-electron chi connectivity index (χ2n) is 5.24. The minimum absolute atomic E-state index is 0.146. The molecule has 0 saturated carbocycles. The predicted octanol–water partition coefficient (Wildman–Crippen LogP) is 4.89. The van der Waals surface area contributed by atoms with Crippen molar-refractivity contribution in [1.29, 1.82) is 0 Å². The van der Waals surface area contributed by atoms with Crippen LogP contribution in [0.4, 0.5) is 0 Å². The molecule has 0 amide bonds. The Kier molecular flexibility index (Phi) is 7.36. The van der Waals surface area contributed by atoms with Crippen LogP contribution in [-0.2, 0) is 0 Å². The van der Waals surface area contributed by atoms with Crippen LogP contribution >= 0.6 is 11.8 Å². The van der Waals surface area contributed by atoms with Crippen molar-refractivity contribution in [2.24, 2.45) is 0 Å². The highest BCUT2D eigenvalue weighted by Crippen LogP contribution is 2.38. The molecule has 2 aromatic carbocycles. The quantitative estimate of drug-likeness (QED) is 0.287. The lowest BCUT2D eigenvalue weighted by Crippen LogP contribution is -2.00. The smallest absolute Gasteiger partial charge is 0.203 e. The Morgan fingerprint density at radius 1 is 0.962 bits per heavy atom. The van der Waals surface area contributed by atoms with Gasteiger partial charge in [0.05, 0.1) is 21.3 Å². The Morgan fingerprint density at radius 2 is 1.62 bits per heavy atom. The number of rotatable bonds is 8. The van der Waals surface area contributed by atoms with Crippen molar-refractivity contribution in [2.45, 2.75) is 4.90 Å². The summed E-state index contributed by atoms with van der Waals surface area (Å²) in [4.78, 5) is 13.6. The Labute approximate surface area is 158 Å². The van der Waals surface area contributed by atoms with Gasteiger partial charge >= 0.3 is 0 Å². The first kappa shape index (κ1) is 19.7. The standard InChI is InChI=1S/C21H22O4S/c1-23-18-13-16(14-19(24-2)21(18)25-3)17(22)11-7-5-9-15-10-6-8-12-20(15)26-4/h5-14H,1-4H3. The molecule has 0 fully saturated rings. The fraction of sp³-hybridized carbons (Fsp3) is 0.190. The maximum absolute atomic E-state index is 12.4. The molecule has 136 valence electrons. The maximum atomic E-state index is 12.4. The van der Waals surface area contributed by atoms with Crippen molar-refractivity contribution >= 4 is 23.6 Å². The summed E-state index contributed by atoms with van der Waals surface area (Å²) in [5.74, 6) is 1.22. The Balaban J connectivity index is 2.19. The third kappa shape index (κ3) is 4.70. The van der Waals surface area contributed by atoms with Gasteiger partial charge in [-0.2, -0.15) is 0 Å². The number of ether oxygens (including phenoxy) is 3. The zero-order valence-electron chi connectivity index (χ0n) is 15.3. The van der Waals surface area contributed by atoms with Gasteiger partial charge in [0, 0.05) is 10.5 Å². The number of allylic oxidation sites excluding steroid dienone is 3. The number of ketones is 1. The summed E-state index contributed by atoms with van der Waals surface area (Å²) in [5, 5.41) is 0. The van der Waals surface area contributed by atoms with Crippen LogP contribution in [0.3, 0.4) is 0 Å². The molecule has 0 aliphatic rings. The molecular formula is C21H22O4S. The molecule has 0 aromatic heterocycles. The van der Waals surface area contributed by atoms with Crippen molar-refractivity contribution < 1.29 is 19.0 Å². The normalized spacial score (nSPS) is 11.1. The third-order valence-corrected chi connectivity index (χ3v) is 4.53. The molecule has 0 unspecified atom stereocenters. The van der Waals surface area contributed by atoms with Crippen LogP contribution in [0.25, 0.3) is 6.08 Å². The summed E-state index contributed by atoms with van der Waals surface area (Å²) < 4.78 is 15.8. The highest BCUT2D eigenvalue weighted by molar-refractivity contribution is 7.98. The zero-order valence-corrected chi connectivity index (χ0v) is 16.1. The number of carbonyl (C=O) groups excluding carboxylic acids is 1. The van der Waals surface area contributed by atoms with Gasteiger partial charge < -0.3 is 14.2 Å². The van der Waals surface area contributed by atoms with Gasteiger partial charge in [-0.3, -0.25) is 4.79 Å². The van der Waals surface area contributed by atoms with E-state index in [9.17, 15) is 4.79 Å². The van der Waals surface area contributed by atoms with E-state index in [1.165, 1.54) is 32.3 Å². The van der Waals surface area contributed by atoms with Gasteiger partial charge in [0.25, 0.3) is 0 Å². The van der Waals surface area contributed by atoms with Crippen LogP contribution in [0, 0.1) is 0 Å². The van der Waals surface area contributed by atoms with Gasteiger partial charge in [-0.15, -0.1) is 11.8 Å². The summed E-state index contributed by atoms with van der Waals surface area (Å²) >= 11 is 1.69. The lowest BCUT2D eigenvalue weighted by atomic mass is 10.1. The molecule has 0 N–H and O–H groups in total. The minimum atomic E-state index is -0.146. The van der Waals surface area contributed by atoms with Crippen LogP contribution in [0.15, 0.2) is 59.5 Å². The molecule has 0 heterocycles. The molecule has 0 atom stereocenters. The first-order chi connectivity index (χ1) is 12.6. The van der Waals surface area contributed by atoms with Crippen LogP contribution in [0.5, 0.6) is 17.2 Å². The molecule has 0 spiro atoms. The van der Waals surface area contributed by atoms with E-state index in [1.807, 2.05) is 36.6 Å². The number of hydrogen-bond donors (Lipinski definition) is 0. The van der Waals surface area contributed by atoms with Crippen molar-refractivity contribution in [3.8, 4) is 17.2 Å². The van der Waals surface area contributed by atoms with Crippen LogP contribution in [0.2, 0.25) is 0 Å². The fourth-order valence-corrected chi connectivity index (χ4v) is 3.01. The second kappa shape index (κ2) is 9.73. The molecule has 0 aliphatic carbocycles. The SMILES string of the molecule is COc1cc(C(=O)C=CC=Cc2ccccc2SC)cc(OC)c1OC. The topological polar surface area (TPSA) is 44.8 Å². The van der Waals surface area contributed by atoms with Crippen molar-refractivity contribution in [3.63, 3.8) is 0 Å². The van der Waals surface area contributed by atoms with Gasteiger partial charge in [0.2, 0.25) is 5.75 Å². The summed E-state index contributed by atoms with van der Waals surface area (Å²) in [6.07, 6.45) is 9.10. The third-order valence-electron chi connectivity index (χ3n) is 3.72. The maximum Gasteiger partial charge on any atom is 0.203 e. The van der Waals surface area contributed by atoms with Gasteiger partial charge in [-0.1, -0.05) is 36.4 Å². The lowest BCUT2D eigenvalue weighted by molar-refractivity contribution is 0.104. The van der Waals surface area contributed by atoms with Gasteiger partial charge in [0.1, 0.15) is 0 Å². The highest BCUT2D eigenvalue weighted by Gasteiger charge is 2.15. The first-order valence-electron chi connectivity index (χ1n) is 7.96. The van der Waals surface area contributed by atoms with E-state index in [4.69, 9.17) is 14.2 Å². The fourth-order valence-electron chi connectivity index (χ4n) is 2.43. The summed E-state index contributed by atoms with van der Waals surface area (Å²) in [7, 11) is 4.57. The summed E-state index contributed by atoms with van der Waals surface area (Å²) in [6, 6.07) is 11.4. The number of thioether (sulfide) groups is 1. The van der Waals surface area contributed by atoms with E-state index in [0.717, 1.165) is 5.56 Å². The van der Waals surface area contributed by atoms with E-state index in [-0.39, 0.29) is 5.78 Å². The first-order valence-corrected chi connectivity index (χ1v) is 9.19. The van der Waals surface area contributed by atoms with Crippen molar-refractivity contribution in [1.82, 2.24) is 0 Å². The number of benzene rings is 2. The number of hydrogen-bond acceptors (Lipinski definition) is 5. The monoisotopic (exact) mass is 370 g/mol. The molecule has 2 rings (SSSR count).